The van der Waals surface area contributed by atoms with E-state index >= 15 is 0 Å². The highest BCUT2D eigenvalue weighted by molar-refractivity contribution is 5.69. The third kappa shape index (κ3) is 7.01. The number of piperazine rings is 1. The molecular weight excluding hydrogens is 456 g/mol. The highest BCUT2D eigenvalue weighted by Crippen LogP contribution is 2.27. The molecule has 1 aliphatic heterocycles. The SMILES string of the molecule is CC(C)(C)OC(=O)N1CCN(c2cc(CN=[N+]=[N-])cc(-c3ccnc(NC4CCCCC4)c3)n2)CC1. The van der Waals surface area contributed by atoms with Crippen molar-refractivity contribution in [2.75, 3.05) is 36.4 Å². The Morgan fingerprint density at radius 2 is 1.92 bits per heavy atom. The van der Waals surface area contributed by atoms with Gasteiger partial charge in [-0.2, -0.15) is 0 Å². The first-order chi connectivity index (χ1) is 17.3. The zero-order chi connectivity index (χ0) is 25.5. The average molecular weight is 493 g/mol. The summed E-state index contributed by atoms with van der Waals surface area (Å²) in [4.78, 5) is 28.8. The number of azide groups is 1. The zero-order valence-electron chi connectivity index (χ0n) is 21.5. The van der Waals surface area contributed by atoms with Crippen molar-refractivity contribution < 1.29 is 9.53 Å². The van der Waals surface area contributed by atoms with Gasteiger partial charge in [0.1, 0.15) is 17.2 Å². The van der Waals surface area contributed by atoms with Crippen molar-refractivity contribution in [3.63, 3.8) is 0 Å². The molecule has 0 unspecified atom stereocenters. The Balaban J connectivity index is 1.52. The van der Waals surface area contributed by atoms with E-state index in [1.807, 2.05) is 51.2 Å². The molecule has 4 rings (SSSR count). The minimum atomic E-state index is -0.518. The maximum atomic E-state index is 12.5. The van der Waals surface area contributed by atoms with Gasteiger partial charge in [0.2, 0.25) is 0 Å². The Labute approximate surface area is 212 Å². The highest BCUT2D eigenvalue weighted by atomic mass is 16.6. The first-order valence-corrected chi connectivity index (χ1v) is 12.8. The summed E-state index contributed by atoms with van der Waals surface area (Å²) in [7, 11) is 0. The van der Waals surface area contributed by atoms with E-state index in [2.05, 4.69) is 25.2 Å². The number of hydrogen-bond acceptors (Lipinski definition) is 7. The molecule has 1 saturated heterocycles. The van der Waals surface area contributed by atoms with Crippen LogP contribution in [0.15, 0.2) is 35.6 Å². The third-order valence-corrected chi connectivity index (χ3v) is 6.46. The molecule has 1 amide bonds. The number of nitrogens with zero attached hydrogens (tertiary/aromatic N) is 7. The fourth-order valence-electron chi connectivity index (χ4n) is 4.65. The van der Waals surface area contributed by atoms with E-state index in [1.165, 1.54) is 32.1 Å². The van der Waals surface area contributed by atoms with Gasteiger partial charge >= 0.3 is 6.09 Å². The molecular formula is C26H36N8O2. The van der Waals surface area contributed by atoms with Crippen LogP contribution >= 0.6 is 0 Å². The van der Waals surface area contributed by atoms with Crippen LogP contribution in [-0.4, -0.2) is 58.8 Å². The summed E-state index contributed by atoms with van der Waals surface area (Å²) in [6.45, 7) is 8.25. The van der Waals surface area contributed by atoms with E-state index in [1.54, 1.807) is 4.90 Å². The fourth-order valence-corrected chi connectivity index (χ4v) is 4.65. The largest absolute Gasteiger partial charge is 0.444 e. The minimum absolute atomic E-state index is 0.245. The Morgan fingerprint density at radius 3 is 2.61 bits per heavy atom. The number of pyridine rings is 2. The first-order valence-electron chi connectivity index (χ1n) is 12.8. The van der Waals surface area contributed by atoms with Gasteiger partial charge in [0.25, 0.3) is 0 Å². The van der Waals surface area contributed by atoms with Crippen molar-refractivity contribution in [2.24, 2.45) is 5.11 Å². The number of hydrogen-bond donors (Lipinski definition) is 1. The van der Waals surface area contributed by atoms with Gasteiger partial charge in [0.05, 0.1) is 12.2 Å². The molecule has 0 spiro atoms. The molecule has 2 fully saturated rings. The summed E-state index contributed by atoms with van der Waals surface area (Å²) in [5.41, 5.74) is 11.0. The van der Waals surface area contributed by atoms with Crippen LogP contribution in [0.1, 0.15) is 58.4 Å². The monoisotopic (exact) mass is 492 g/mol. The Hall–Kier alpha value is -3.52. The van der Waals surface area contributed by atoms with Gasteiger partial charge in [-0.15, -0.1) is 0 Å². The standard InChI is InChI=1S/C26H36N8O2/c1-26(2,3)36-25(35)34-13-11-33(12-14-34)24-16-19(18-29-32-27)15-22(31-24)20-9-10-28-23(17-20)30-21-7-5-4-6-8-21/h9-10,15-17,21H,4-8,11-14,18H2,1-3H3,(H,28,30). The number of carbonyl (C=O) groups is 1. The summed E-state index contributed by atoms with van der Waals surface area (Å²) >= 11 is 0. The van der Waals surface area contributed by atoms with Crippen molar-refractivity contribution in [3.8, 4) is 11.3 Å². The van der Waals surface area contributed by atoms with Crippen molar-refractivity contribution >= 4 is 17.7 Å². The van der Waals surface area contributed by atoms with Gasteiger partial charge in [0.15, 0.2) is 0 Å². The van der Waals surface area contributed by atoms with Gasteiger partial charge in [-0.25, -0.2) is 14.8 Å². The molecule has 1 aliphatic carbocycles. The lowest BCUT2D eigenvalue weighted by molar-refractivity contribution is 0.0240. The molecule has 36 heavy (non-hydrogen) atoms. The molecule has 3 heterocycles. The van der Waals surface area contributed by atoms with Crippen LogP contribution in [0.4, 0.5) is 16.4 Å². The predicted molar refractivity (Wildman–Crippen MR) is 141 cm³/mol. The smallest absolute Gasteiger partial charge is 0.410 e. The van der Waals surface area contributed by atoms with Gasteiger partial charge in [-0.1, -0.05) is 24.4 Å². The van der Waals surface area contributed by atoms with Crippen molar-refractivity contribution in [1.29, 1.82) is 0 Å². The molecule has 2 aromatic heterocycles. The number of ether oxygens (including phenoxy) is 1. The maximum Gasteiger partial charge on any atom is 0.410 e. The van der Waals surface area contributed by atoms with Crippen LogP contribution in [0.2, 0.25) is 0 Å². The number of carbonyl (C=O) groups excluding carboxylic acids is 1. The second-order valence-corrected chi connectivity index (χ2v) is 10.5. The van der Waals surface area contributed by atoms with Gasteiger partial charge < -0.3 is 19.9 Å². The second kappa shape index (κ2) is 11.5. The second-order valence-electron chi connectivity index (χ2n) is 10.5. The number of anilines is 2. The molecule has 10 heteroatoms. The summed E-state index contributed by atoms with van der Waals surface area (Å²) in [6, 6.07) is 8.38. The normalized spacial score (nSPS) is 16.9. The molecule has 1 saturated carbocycles. The van der Waals surface area contributed by atoms with E-state index in [0.717, 1.165) is 28.5 Å². The molecule has 2 aromatic rings. The molecule has 0 bridgehead atoms. The van der Waals surface area contributed by atoms with E-state index < -0.39 is 5.60 Å². The van der Waals surface area contributed by atoms with Crippen molar-refractivity contribution in [3.05, 3.63) is 46.5 Å². The maximum absolute atomic E-state index is 12.5. The van der Waals surface area contributed by atoms with Crippen LogP contribution < -0.4 is 10.2 Å². The molecule has 0 aromatic carbocycles. The van der Waals surface area contributed by atoms with Gasteiger partial charge in [0, 0.05) is 48.9 Å². The summed E-state index contributed by atoms with van der Waals surface area (Å²) in [5, 5.41) is 7.35. The number of nitrogens with one attached hydrogen (secondary N) is 1. The summed E-state index contributed by atoms with van der Waals surface area (Å²) < 4.78 is 5.52. The molecule has 0 radical (unpaired) electrons. The van der Waals surface area contributed by atoms with Gasteiger partial charge in [-0.05, 0) is 69.0 Å². The van der Waals surface area contributed by atoms with Crippen LogP contribution in [0.5, 0.6) is 0 Å². The third-order valence-electron chi connectivity index (χ3n) is 6.46. The first kappa shape index (κ1) is 25.6. The van der Waals surface area contributed by atoms with Crippen LogP contribution in [0.3, 0.4) is 0 Å². The van der Waals surface area contributed by atoms with Gasteiger partial charge in [-0.3, -0.25) is 0 Å². The van der Waals surface area contributed by atoms with E-state index in [-0.39, 0.29) is 12.6 Å². The Kier molecular flexibility index (Phi) is 8.15. The Bertz CT molecular complexity index is 1100. The van der Waals surface area contributed by atoms with Crippen molar-refractivity contribution in [2.45, 2.75) is 71.1 Å². The summed E-state index contributed by atoms with van der Waals surface area (Å²) in [5.74, 6) is 1.66. The predicted octanol–water partition coefficient (Wildman–Crippen LogP) is 5.76. The molecule has 192 valence electrons. The Morgan fingerprint density at radius 1 is 1.17 bits per heavy atom. The molecule has 1 N–H and O–H groups in total. The average Bonchev–Trinajstić information content (AvgIpc) is 2.87. The molecule has 10 nitrogen and oxygen atoms in total. The van der Waals surface area contributed by atoms with Crippen LogP contribution in [-0.2, 0) is 11.3 Å². The quantitative estimate of drug-likeness (QED) is 0.311. The molecule has 2 aliphatic rings. The topological polar surface area (TPSA) is 119 Å². The number of rotatable bonds is 6. The number of aromatic nitrogens is 2. The lowest BCUT2D eigenvalue weighted by Crippen LogP contribution is -2.50. The van der Waals surface area contributed by atoms with E-state index in [4.69, 9.17) is 15.3 Å². The summed E-state index contributed by atoms with van der Waals surface area (Å²) in [6.07, 6.45) is 7.68. The van der Waals surface area contributed by atoms with Crippen LogP contribution in [0.25, 0.3) is 21.7 Å². The molecule has 0 atom stereocenters. The highest BCUT2D eigenvalue weighted by Gasteiger charge is 2.26. The zero-order valence-corrected chi connectivity index (χ0v) is 21.5. The van der Waals surface area contributed by atoms with E-state index in [9.17, 15) is 4.79 Å². The number of amides is 1. The van der Waals surface area contributed by atoms with E-state index in [0.29, 0.717) is 32.2 Å². The van der Waals surface area contributed by atoms with Crippen molar-refractivity contribution in [1.82, 2.24) is 14.9 Å². The lowest BCUT2D eigenvalue weighted by atomic mass is 9.95. The van der Waals surface area contributed by atoms with Crippen LogP contribution in [0, 0.1) is 0 Å². The minimum Gasteiger partial charge on any atom is -0.444 e. The lowest BCUT2D eigenvalue weighted by Gasteiger charge is -2.36. The fraction of sp³-hybridized carbons (Fsp3) is 0.577.